The normalized spacial score (nSPS) is 12.8. The smallest absolute Gasteiger partial charge is 0.127 e. The van der Waals surface area contributed by atoms with E-state index in [0.29, 0.717) is 17.1 Å². The van der Waals surface area contributed by atoms with Crippen LogP contribution in [0.2, 0.25) is 0 Å². The van der Waals surface area contributed by atoms with Crippen molar-refractivity contribution in [2.24, 2.45) is 5.73 Å². The van der Waals surface area contributed by atoms with Crippen molar-refractivity contribution in [3.8, 4) is 0 Å². The molecule has 0 radical (unpaired) electrons. The first-order valence-electron chi connectivity index (χ1n) is 4.41. The predicted molar refractivity (Wildman–Crippen MR) is 57.6 cm³/mol. The molecule has 0 amide bonds. The number of rotatable bonds is 5. The largest absolute Gasteiger partial charge is 0.395 e. The molecule has 0 unspecified atom stereocenters. The highest BCUT2D eigenvalue weighted by atomic mass is 32.2. The average molecular weight is 215 g/mol. The minimum absolute atomic E-state index is 0.0235. The highest BCUT2D eigenvalue weighted by Gasteiger charge is 2.03. The van der Waals surface area contributed by atoms with Crippen LogP contribution in [0.5, 0.6) is 0 Å². The van der Waals surface area contributed by atoms with Crippen LogP contribution in [-0.2, 0) is 5.75 Å². The van der Waals surface area contributed by atoms with Gasteiger partial charge in [0, 0.05) is 17.5 Å². The van der Waals surface area contributed by atoms with Crippen molar-refractivity contribution in [3.05, 3.63) is 35.6 Å². The van der Waals surface area contributed by atoms with Crippen LogP contribution in [0.3, 0.4) is 0 Å². The summed E-state index contributed by atoms with van der Waals surface area (Å²) in [6, 6.07) is 6.47. The molecule has 3 N–H and O–H groups in total. The van der Waals surface area contributed by atoms with Gasteiger partial charge in [-0.05, 0) is 11.6 Å². The predicted octanol–water partition coefficient (Wildman–Crippen LogP) is 1.38. The van der Waals surface area contributed by atoms with Crippen molar-refractivity contribution >= 4 is 11.8 Å². The number of nitrogens with two attached hydrogens (primary N) is 1. The van der Waals surface area contributed by atoms with E-state index in [9.17, 15) is 4.39 Å². The number of halogens is 1. The van der Waals surface area contributed by atoms with Crippen LogP contribution in [-0.4, -0.2) is 23.5 Å². The van der Waals surface area contributed by atoms with E-state index >= 15 is 0 Å². The summed E-state index contributed by atoms with van der Waals surface area (Å²) in [7, 11) is 0. The SMILES string of the molecule is N[C@H](CO)CSCc1ccccc1F. The maximum atomic E-state index is 13.1. The monoisotopic (exact) mass is 215 g/mol. The lowest BCUT2D eigenvalue weighted by atomic mass is 10.2. The zero-order valence-electron chi connectivity index (χ0n) is 7.82. The van der Waals surface area contributed by atoms with Crippen LogP contribution in [0.1, 0.15) is 5.56 Å². The molecule has 0 saturated heterocycles. The number of hydrogen-bond acceptors (Lipinski definition) is 3. The Bertz CT molecular complexity index is 283. The Morgan fingerprint density at radius 1 is 1.43 bits per heavy atom. The lowest BCUT2D eigenvalue weighted by Gasteiger charge is -2.07. The van der Waals surface area contributed by atoms with Gasteiger partial charge in [0.2, 0.25) is 0 Å². The van der Waals surface area contributed by atoms with Gasteiger partial charge in [0.1, 0.15) is 5.82 Å². The molecule has 1 aromatic rings. The van der Waals surface area contributed by atoms with Gasteiger partial charge in [-0.2, -0.15) is 11.8 Å². The molecule has 14 heavy (non-hydrogen) atoms. The lowest BCUT2D eigenvalue weighted by molar-refractivity contribution is 0.275. The van der Waals surface area contributed by atoms with Gasteiger partial charge in [-0.15, -0.1) is 0 Å². The maximum Gasteiger partial charge on any atom is 0.127 e. The van der Waals surface area contributed by atoms with Gasteiger partial charge >= 0.3 is 0 Å². The maximum absolute atomic E-state index is 13.1. The molecule has 0 spiro atoms. The molecule has 78 valence electrons. The van der Waals surface area contributed by atoms with Crippen LogP contribution in [0.25, 0.3) is 0 Å². The molecule has 1 rings (SSSR count). The summed E-state index contributed by atoms with van der Waals surface area (Å²) in [6.07, 6.45) is 0. The standard InChI is InChI=1S/C10H14FNOS/c11-10-4-2-1-3-8(10)6-14-7-9(12)5-13/h1-4,9,13H,5-7,12H2/t9-/m1/s1. The van der Waals surface area contributed by atoms with Crippen molar-refractivity contribution < 1.29 is 9.50 Å². The topological polar surface area (TPSA) is 46.2 Å². The number of thioether (sulfide) groups is 1. The summed E-state index contributed by atoms with van der Waals surface area (Å²) in [5, 5.41) is 8.67. The van der Waals surface area contributed by atoms with E-state index in [0.717, 1.165) is 0 Å². The molecule has 0 aliphatic heterocycles. The second-order valence-corrected chi connectivity index (χ2v) is 4.08. The van der Waals surface area contributed by atoms with E-state index in [1.54, 1.807) is 12.1 Å². The molecule has 1 aromatic carbocycles. The van der Waals surface area contributed by atoms with Gasteiger partial charge in [0.25, 0.3) is 0 Å². The fourth-order valence-electron chi connectivity index (χ4n) is 0.988. The number of aliphatic hydroxyl groups excluding tert-OH is 1. The Kier molecular flexibility index (Phi) is 4.93. The van der Waals surface area contributed by atoms with Gasteiger partial charge in [0.15, 0.2) is 0 Å². The molecular weight excluding hydrogens is 201 g/mol. The first kappa shape index (κ1) is 11.5. The summed E-state index contributed by atoms with van der Waals surface area (Å²) in [4.78, 5) is 0. The summed E-state index contributed by atoms with van der Waals surface area (Å²) >= 11 is 1.53. The summed E-state index contributed by atoms with van der Waals surface area (Å²) in [6.45, 7) is -0.0235. The molecule has 0 aliphatic rings. The molecule has 0 bridgehead atoms. The minimum atomic E-state index is -0.216. The summed E-state index contributed by atoms with van der Waals surface area (Å²) < 4.78 is 13.1. The molecule has 2 nitrogen and oxygen atoms in total. The van der Waals surface area contributed by atoms with Gasteiger partial charge in [0.05, 0.1) is 6.61 Å². The van der Waals surface area contributed by atoms with E-state index in [1.807, 2.05) is 6.07 Å². The first-order chi connectivity index (χ1) is 6.74. The molecule has 1 atom stereocenters. The molecular formula is C10H14FNOS. The second-order valence-electron chi connectivity index (χ2n) is 3.05. The van der Waals surface area contributed by atoms with E-state index in [2.05, 4.69) is 0 Å². The molecule has 0 fully saturated rings. The third kappa shape index (κ3) is 3.65. The first-order valence-corrected chi connectivity index (χ1v) is 5.57. The molecule has 0 aromatic heterocycles. The Labute approximate surface area is 87.3 Å². The van der Waals surface area contributed by atoms with E-state index < -0.39 is 0 Å². The van der Waals surface area contributed by atoms with Gasteiger partial charge < -0.3 is 10.8 Å². The van der Waals surface area contributed by atoms with Crippen LogP contribution in [0.15, 0.2) is 24.3 Å². The van der Waals surface area contributed by atoms with E-state index in [-0.39, 0.29) is 18.5 Å². The Hall–Kier alpha value is -0.580. The average Bonchev–Trinajstić information content (AvgIpc) is 2.20. The summed E-state index contributed by atoms with van der Waals surface area (Å²) in [5.74, 6) is 1.06. The zero-order valence-corrected chi connectivity index (χ0v) is 8.64. The van der Waals surface area contributed by atoms with Crippen LogP contribution < -0.4 is 5.73 Å². The highest BCUT2D eigenvalue weighted by molar-refractivity contribution is 7.98. The zero-order chi connectivity index (χ0) is 10.4. The van der Waals surface area contributed by atoms with Crippen molar-refractivity contribution in [1.82, 2.24) is 0 Å². The molecule has 0 saturated carbocycles. The molecule has 0 aliphatic carbocycles. The lowest BCUT2D eigenvalue weighted by Crippen LogP contribution is -2.26. The Morgan fingerprint density at radius 2 is 2.14 bits per heavy atom. The number of benzene rings is 1. The highest BCUT2D eigenvalue weighted by Crippen LogP contribution is 2.15. The van der Waals surface area contributed by atoms with Gasteiger partial charge in [-0.3, -0.25) is 0 Å². The molecule has 4 heteroatoms. The van der Waals surface area contributed by atoms with Crippen LogP contribution in [0, 0.1) is 5.82 Å². The fourth-order valence-corrected chi connectivity index (χ4v) is 1.97. The quantitative estimate of drug-likeness (QED) is 0.780. The number of aliphatic hydroxyl groups is 1. The van der Waals surface area contributed by atoms with Crippen molar-refractivity contribution in [2.75, 3.05) is 12.4 Å². The second kappa shape index (κ2) is 6.01. The van der Waals surface area contributed by atoms with Gasteiger partial charge in [-0.1, -0.05) is 18.2 Å². The van der Waals surface area contributed by atoms with Crippen molar-refractivity contribution in [3.63, 3.8) is 0 Å². The van der Waals surface area contributed by atoms with Crippen LogP contribution >= 0.6 is 11.8 Å². The summed E-state index contributed by atoms with van der Waals surface area (Å²) in [5.41, 5.74) is 6.19. The van der Waals surface area contributed by atoms with Crippen LogP contribution in [0.4, 0.5) is 4.39 Å². The molecule has 0 heterocycles. The van der Waals surface area contributed by atoms with E-state index in [4.69, 9.17) is 10.8 Å². The Morgan fingerprint density at radius 3 is 2.79 bits per heavy atom. The van der Waals surface area contributed by atoms with E-state index in [1.165, 1.54) is 17.8 Å². The van der Waals surface area contributed by atoms with Gasteiger partial charge in [-0.25, -0.2) is 4.39 Å². The fraction of sp³-hybridized carbons (Fsp3) is 0.400. The third-order valence-corrected chi connectivity index (χ3v) is 2.96. The Balaban J connectivity index is 2.35. The minimum Gasteiger partial charge on any atom is -0.395 e. The number of hydrogen-bond donors (Lipinski definition) is 2. The third-order valence-electron chi connectivity index (χ3n) is 1.78. The van der Waals surface area contributed by atoms with Crippen molar-refractivity contribution in [1.29, 1.82) is 0 Å². The van der Waals surface area contributed by atoms with Crippen molar-refractivity contribution in [2.45, 2.75) is 11.8 Å².